The third-order valence-electron chi connectivity index (χ3n) is 5.04. The summed E-state index contributed by atoms with van der Waals surface area (Å²) >= 11 is 5.93. The quantitative estimate of drug-likeness (QED) is 0.472. The number of ether oxygens (including phenoxy) is 1. The standard InChI is InChI=1S/C24H26ClN3O4S/c1-28(2)23(17-7-4-11-21(13-17)32-3)16-26-24(29)18-8-5-12-22(14-18)33(30,31)27-20-10-6-9-19(25)15-20/h4-15,23,27H,16H2,1-3H3,(H,26,29). The van der Waals surface area contributed by atoms with Crippen LogP contribution in [0.15, 0.2) is 77.7 Å². The molecule has 0 aliphatic carbocycles. The Morgan fingerprint density at radius 3 is 2.45 bits per heavy atom. The van der Waals surface area contributed by atoms with Crippen LogP contribution in [0.5, 0.6) is 5.75 Å². The summed E-state index contributed by atoms with van der Waals surface area (Å²) in [5.74, 6) is 0.361. The fourth-order valence-electron chi connectivity index (χ4n) is 3.31. The van der Waals surface area contributed by atoms with Crippen LogP contribution in [0.25, 0.3) is 0 Å². The molecule has 0 heterocycles. The number of methoxy groups -OCH3 is 1. The van der Waals surface area contributed by atoms with Crippen molar-refractivity contribution in [1.29, 1.82) is 0 Å². The lowest BCUT2D eigenvalue weighted by Gasteiger charge is -2.25. The number of rotatable bonds is 9. The van der Waals surface area contributed by atoms with E-state index in [0.29, 0.717) is 17.3 Å². The topological polar surface area (TPSA) is 87.7 Å². The molecule has 33 heavy (non-hydrogen) atoms. The molecule has 2 N–H and O–H groups in total. The number of nitrogens with one attached hydrogen (secondary N) is 2. The van der Waals surface area contributed by atoms with Crippen molar-refractivity contribution in [3.05, 3.63) is 88.9 Å². The van der Waals surface area contributed by atoms with Gasteiger partial charge < -0.3 is 15.0 Å². The third kappa shape index (κ3) is 6.47. The van der Waals surface area contributed by atoms with Gasteiger partial charge >= 0.3 is 0 Å². The molecule has 1 unspecified atom stereocenters. The van der Waals surface area contributed by atoms with Gasteiger partial charge in [-0.1, -0.05) is 35.9 Å². The minimum absolute atomic E-state index is 0.0212. The molecule has 0 aliphatic rings. The SMILES string of the molecule is COc1cccc(C(CNC(=O)c2cccc(S(=O)(=O)Nc3cccc(Cl)c3)c2)N(C)C)c1. The zero-order valence-electron chi connectivity index (χ0n) is 18.6. The second-order valence-corrected chi connectivity index (χ2v) is 9.73. The van der Waals surface area contributed by atoms with E-state index in [1.54, 1.807) is 31.4 Å². The zero-order valence-corrected chi connectivity index (χ0v) is 20.2. The molecule has 0 saturated heterocycles. The normalized spacial score (nSPS) is 12.3. The summed E-state index contributed by atoms with van der Waals surface area (Å²) in [5, 5.41) is 3.31. The zero-order chi connectivity index (χ0) is 24.0. The van der Waals surface area contributed by atoms with Gasteiger partial charge in [0.1, 0.15) is 5.75 Å². The Morgan fingerprint density at radius 2 is 1.76 bits per heavy atom. The van der Waals surface area contributed by atoms with Crippen LogP contribution in [0.1, 0.15) is 22.0 Å². The molecule has 0 spiro atoms. The van der Waals surface area contributed by atoms with Crippen molar-refractivity contribution in [1.82, 2.24) is 10.2 Å². The van der Waals surface area contributed by atoms with Crippen LogP contribution in [-0.4, -0.2) is 47.0 Å². The lowest BCUT2D eigenvalue weighted by Crippen LogP contribution is -2.34. The molecule has 1 amide bonds. The Kier molecular flexibility index (Phi) is 7.97. The molecule has 0 aliphatic heterocycles. The number of benzene rings is 3. The summed E-state index contributed by atoms with van der Waals surface area (Å²) in [6.07, 6.45) is 0. The Hall–Kier alpha value is -3.07. The van der Waals surface area contributed by atoms with Gasteiger partial charge in [0.25, 0.3) is 15.9 Å². The molecule has 3 aromatic rings. The van der Waals surface area contributed by atoms with E-state index in [1.807, 2.05) is 43.3 Å². The van der Waals surface area contributed by atoms with Gasteiger partial charge in [0.15, 0.2) is 0 Å². The highest BCUT2D eigenvalue weighted by atomic mass is 35.5. The van der Waals surface area contributed by atoms with Crippen LogP contribution >= 0.6 is 11.6 Å². The number of likely N-dealkylation sites (N-methyl/N-ethyl adjacent to an activating group) is 1. The fourth-order valence-corrected chi connectivity index (χ4v) is 4.59. The maximum absolute atomic E-state index is 12.8. The van der Waals surface area contributed by atoms with Gasteiger partial charge in [0.2, 0.25) is 0 Å². The van der Waals surface area contributed by atoms with Crippen molar-refractivity contribution in [3.8, 4) is 5.75 Å². The summed E-state index contributed by atoms with van der Waals surface area (Å²) in [6.45, 7) is 0.330. The number of anilines is 1. The highest BCUT2D eigenvalue weighted by molar-refractivity contribution is 7.92. The Bertz CT molecular complexity index is 1230. The molecule has 1 atom stereocenters. The highest BCUT2D eigenvalue weighted by Crippen LogP contribution is 2.23. The number of hydrogen-bond acceptors (Lipinski definition) is 5. The second-order valence-electron chi connectivity index (χ2n) is 7.61. The minimum atomic E-state index is -3.89. The summed E-state index contributed by atoms with van der Waals surface area (Å²) in [6, 6.07) is 19.8. The maximum Gasteiger partial charge on any atom is 0.261 e. The van der Waals surface area contributed by atoms with E-state index in [2.05, 4.69) is 10.0 Å². The predicted molar refractivity (Wildman–Crippen MR) is 130 cm³/mol. The molecule has 7 nitrogen and oxygen atoms in total. The molecule has 0 radical (unpaired) electrons. The number of hydrogen-bond donors (Lipinski definition) is 2. The summed E-state index contributed by atoms with van der Waals surface area (Å²) in [7, 11) is 1.56. The number of sulfonamides is 1. The lowest BCUT2D eigenvalue weighted by molar-refractivity contribution is 0.0941. The molecule has 3 aromatic carbocycles. The van der Waals surface area contributed by atoms with Gasteiger partial charge in [-0.25, -0.2) is 8.42 Å². The predicted octanol–water partition coefficient (Wildman–Crippen LogP) is 4.18. The molecular weight excluding hydrogens is 462 g/mol. The van der Waals surface area contributed by atoms with E-state index in [0.717, 1.165) is 11.3 Å². The number of nitrogens with zero attached hydrogens (tertiary/aromatic N) is 1. The van der Waals surface area contributed by atoms with Crippen molar-refractivity contribution < 1.29 is 17.9 Å². The third-order valence-corrected chi connectivity index (χ3v) is 6.66. The smallest absolute Gasteiger partial charge is 0.261 e. The van der Waals surface area contributed by atoms with Crippen molar-refractivity contribution in [3.63, 3.8) is 0 Å². The molecule has 0 saturated carbocycles. The van der Waals surface area contributed by atoms with E-state index < -0.39 is 10.0 Å². The summed E-state index contributed by atoms with van der Waals surface area (Å²) in [4.78, 5) is 14.8. The first-order valence-electron chi connectivity index (χ1n) is 10.2. The van der Waals surface area contributed by atoms with Gasteiger partial charge in [-0.2, -0.15) is 0 Å². The van der Waals surface area contributed by atoms with E-state index in [4.69, 9.17) is 16.3 Å². The first-order valence-corrected chi connectivity index (χ1v) is 12.0. The van der Waals surface area contributed by atoms with Crippen LogP contribution in [0.2, 0.25) is 5.02 Å². The van der Waals surface area contributed by atoms with Crippen LogP contribution in [0, 0.1) is 0 Å². The van der Waals surface area contributed by atoms with E-state index in [-0.39, 0.29) is 22.4 Å². The molecular formula is C24H26ClN3O4S. The Morgan fingerprint density at radius 1 is 1.03 bits per heavy atom. The largest absolute Gasteiger partial charge is 0.497 e. The molecule has 0 bridgehead atoms. The monoisotopic (exact) mass is 487 g/mol. The van der Waals surface area contributed by atoms with E-state index >= 15 is 0 Å². The molecule has 0 fully saturated rings. The van der Waals surface area contributed by atoms with E-state index in [9.17, 15) is 13.2 Å². The number of carbonyl (C=O) groups is 1. The van der Waals surface area contributed by atoms with Crippen LogP contribution in [0.4, 0.5) is 5.69 Å². The fraction of sp³-hybridized carbons (Fsp3) is 0.208. The average Bonchev–Trinajstić information content (AvgIpc) is 2.79. The number of halogens is 1. The highest BCUT2D eigenvalue weighted by Gasteiger charge is 2.19. The second kappa shape index (κ2) is 10.7. The number of carbonyl (C=O) groups excluding carboxylic acids is 1. The van der Waals surface area contributed by atoms with Crippen molar-refractivity contribution in [2.45, 2.75) is 10.9 Å². The average molecular weight is 488 g/mol. The molecule has 9 heteroatoms. The molecule has 3 rings (SSSR count). The van der Waals surface area contributed by atoms with Gasteiger partial charge in [0.05, 0.1) is 23.7 Å². The van der Waals surface area contributed by atoms with Crippen molar-refractivity contribution in [2.24, 2.45) is 0 Å². The number of amides is 1. The van der Waals surface area contributed by atoms with Gasteiger partial charge in [-0.15, -0.1) is 0 Å². The van der Waals surface area contributed by atoms with Gasteiger partial charge in [-0.05, 0) is 68.2 Å². The van der Waals surface area contributed by atoms with Crippen molar-refractivity contribution >= 4 is 33.2 Å². The summed E-state index contributed by atoms with van der Waals surface area (Å²) in [5.41, 5.74) is 1.57. The van der Waals surface area contributed by atoms with Crippen LogP contribution in [0.3, 0.4) is 0 Å². The Balaban J connectivity index is 1.74. The van der Waals surface area contributed by atoms with E-state index in [1.165, 1.54) is 24.3 Å². The van der Waals surface area contributed by atoms with Crippen LogP contribution in [-0.2, 0) is 10.0 Å². The summed E-state index contributed by atoms with van der Waals surface area (Å²) < 4.78 is 33.3. The molecule has 174 valence electrons. The molecule has 0 aromatic heterocycles. The van der Waals surface area contributed by atoms with Crippen molar-refractivity contribution in [2.75, 3.05) is 32.5 Å². The minimum Gasteiger partial charge on any atom is -0.497 e. The maximum atomic E-state index is 12.8. The first kappa shape index (κ1) is 24.6. The van der Waals surface area contributed by atoms with Gasteiger partial charge in [-0.3, -0.25) is 9.52 Å². The first-order chi connectivity index (χ1) is 15.7. The lowest BCUT2D eigenvalue weighted by atomic mass is 10.1. The van der Waals surface area contributed by atoms with Gasteiger partial charge in [0, 0.05) is 17.1 Å². The van der Waals surface area contributed by atoms with Crippen LogP contribution < -0.4 is 14.8 Å². The Labute approximate surface area is 199 Å².